The normalized spacial score (nSPS) is 21.5. The Bertz CT molecular complexity index is 1050. The van der Waals surface area contributed by atoms with Gasteiger partial charge in [0.25, 0.3) is 5.91 Å². The number of pyridine rings is 1. The van der Waals surface area contributed by atoms with Crippen LogP contribution in [0.4, 0.5) is 5.69 Å². The van der Waals surface area contributed by atoms with Crippen molar-refractivity contribution in [2.75, 3.05) is 11.9 Å². The van der Waals surface area contributed by atoms with E-state index in [0.29, 0.717) is 29.8 Å². The Labute approximate surface area is 176 Å². The van der Waals surface area contributed by atoms with Crippen LogP contribution in [0.25, 0.3) is 10.9 Å². The van der Waals surface area contributed by atoms with Gasteiger partial charge in [-0.15, -0.1) is 5.10 Å². The number of amides is 1. The molecule has 1 saturated heterocycles. The Balaban J connectivity index is 1.48. The Hall–Kier alpha value is -2.93. The van der Waals surface area contributed by atoms with Crippen molar-refractivity contribution in [3.63, 3.8) is 0 Å². The summed E-state index contributed by atoms with van der Waals surface area (Å²) in [6.07, 6.45) is 4.14. The smallest absolute Gasteiger partial charge is 0.274 e. The first-order valence-corrected chi connectivity index (χ1v) is 10.4. The minimum absolute atomic E-state index is 0.228. The molecule has 1 aliphatic heterocycles. The zero-order valence-electron chi connectivity index (χ0n) is 17.9. The molecule has 2 aromatic heterocycles. The van der Waals surface area contributed by atoms with Crippen LogP contribution in [0.3, 0.4) is 0 Å². The lowest BCUT2D eigenvalue weighted by Crippen LogP contribution is -2.32. The lowest BCUT2D eigenvalue weighted by atomic mass is 9.93. The summed E-state index contributed by atoms with van der Waals surface area (Å²) in [5, 5.41) is 8.40. The van der Waals surface area contributed by atoms with Crippen molar-refractivity contribution < 1.29 is 14.3 Å². The van der Waals surface area contributed by atoms with Crippen molar-refractivity contribution in [2.24, 2.45) is 13.0 Å². The molecule has 3 heterocycles. The lowest BCUT2D eigenvalue weighted by Gasteiger charge is -2.31. The molecule has 1 aliphatic rings. The third-order valence-corrected chi connectivity index (χ3v) is 5.55. The number of rotatable bonds is 5. The van der Waals surface area contributed by atoms with E-state index in [2.05, 4.69) is 29.2 Å². The van der Waals surface area contributed by atoms with Crippen molar-refractivity contribution in [3.8, 4) is 5.88 Å². The highest BCUT2D eigenvalue weighted by Gasteiger charge is 2.25. The molecule has 4 rings (SSSR count). The SMILES string of the molecule is Cc1cccnc1C(=O)Nc1ccc2c(OCC3CC(C)OC(C)C3)nn(C)c2c1. The molecule has 0 aliphatic carbocycles. The quantitative estimate of drug-likeness (QED) is 0.687. The molecule has 0 bridgehead atoms. The Morgan fingerprint density at radius 3 is 2.77 bits per heavy atom. The van der Waals surface area contributed by atoms with Crippen molar-refractivity contribution in [1.29, 1.82) is 0 Å². The van der Waals surface area contributed by atoms with Gasteiger partial charge in [0.15, 0.2) is 0 Å². The minimum atomic E-state index is -0.228. The second-order valence-electron chi connectivity index (χ2n) is 8.19. The summed E-state index contributed by atoms with van der Waals surface area (Å²) in [6, 6.07) is 9.40. The number of nitrogens with one attached hydrogen (secondary N) is 1. The van der Waals surface area contributed by atoms with Gasteiger partial charge in [-0.1, -0.05) is 6.07 Å². The van der Waals surface area contributed by atoms with E-state index in [1.807, 2.05) is 44.3 Å². The number of aryl methyl sites for hydroxylation is 2. The number of hydrogen-bond donors (Lipinski definition) is 1. The molecule has 158 valence electrons. The first kappa shape index (κ1) is 20.3. The molecule has 7 nitrogen and oxygen atoms in total. The fourth-order valence-electron chi connectivity index (χ4n) is 4.20. The highest BCUT2D eigenvalue weighted by Crippen LogP contribution is 2.30. The zero-order chi connectivity index (χ0) is 21.3. The van der Waals surface area contributed by atoms with Crippen molar-refractivity contribution in [3.05, 3.63) is 47.8 Å². The van der Waals surface area contributed by atoms with Gasteiger partial charge in [0.2, 0.25) is 5.88 Å². The van der Waals surface area contributed by atoms with E-state index in [4.69, 9.17) is 9.47 Å². The van der Waals surface area contributed by atoms with Gasteiger partial charge < -0.3 is 14.8 Å². The number of aromatic nitrogens is 3. The summed E-state index contributed by atoms with van der Waals surface area (Å²) in [5.41, 5.74) is 2.85. The summed E-state index contributed by atoms with van der Waals surface area (Å²) in [6.45, 7) is 6.72. The van der Waals surface area contributed by atoms with Gasteiger partial charge in [0.1, 0.15) is 5.69 Å². The van der Waals surface area contributed by atoms with E-state index >= 15 is 0 Å². The first-order valence-electron chi connectivity index (χ1n) is 10.4. The monoisotopic (exact) mass is 408 g/mol. The van der Waals surface area contributed by atoms with E-state index in [1.165, 1.54) is 0 Å². The largest absolute Gasteiger partial charge is 0.476 e. The second kappa shape index (κ2) is 8.44. The highest BCUT2D eigenvalue weighted by atomic mass is 16.5. The summed E-state index contributed by atoms with van der Waals surface area (Å²) in [4.78, 5) is 16.7. The average molecular weight is 409 g/mol. The number of carbonyl (C=O) groups excluding carboxylic acids is 1. The molecule has 2 unspecified atom stereocenters. The van der Waals surface area contributed by atoms with Gasteiger partial charge in [-0.2, -0.15) is 0 Å². The number of carbonyl (C=O) groups is 1. The number of fused-ring (bicyclic) bond motifs is 1. The highest BCUT2D eigenvalue weighted by molar-refractivity contribution is 6.04. The molecule has 1 aromatic carbocycles. The van der Waals surface area contributed by atoms with Crippen LogP contribution in [-0.2, 0) is 11.8 Å². The van der Waals surface area contributed by atoms with Crippen LogP contribution in [-0.4, -0.2) is 39.5 Å². The molecule has 0 saturated carbocycles. The maximum absolute atomic E-state index is 12.6. The molecule has 30 heavy (non-hydrogen) atoms. The van der Waals surface area contributed by atoms with Crippen molar-refractivity contribution >= 4 is 22.5 Å². The number of hydrogen-bond acceptors (Lipinski definition) is 5. The van der Waals surface area contributed by atoms with E-state index in [0.717, 1.165) is 29.3 Å². The Kier molecular flexibility index (Phi) is 5.72. The predicted molar refractivity (Wildman–Crippen MR) is 116 cm³/mol. The van der Waals surface area contributed by atoms with E-state index in [1.54, 1.807) is 10.9 Å². The van der Waals surface area contributed by atoms with Crippen LogP contribution in [0, 0.1) is 12.8 Å². The average Bonchev–Trinajstić information content (AvgIpc) is 3.01. The van der Waals surface area contributed by atoms with Crippen LogP contribution in [0.15, 0.2) is 36.5 Å². The maximum Gasteiger partial charge on any atom is 0.274 e. The van der Waals surface area contributed by atoms with Gasteiger partial charge in [-0.25, -0.2) is 0 Å². The van der Waals surface area contributed by atoms with Gasteiger partial charge in [-0.05, 0) is 69.4 Å². The molecule has 1 fully saturated rings. The fourth-order valence-corrected chi connectivity index (χ4v) is 4.20. The van der Waals surface area contributed by atoms with Gasteiger partial charge in [0, 0.05) is 18.9 Å². The molecule has 2 atom stereocenters. The number of ether oxygens (including phenoxy) is 2. The van der Waals surface area contributed by atoms with Gasteiger partial charge in [-0.3, -0.25) is 14.5 Å². The summed E-state index contributed by atoms with van der Waals surface area (Å²) >= 11 is 0. The molecule has 7 heteroatoms. The number of nitrogens with zero attached hydrogens (tertiary/aromatic N) is 3. The standard InChI is InChI=1S/C23H28N4O3/c1-14-6-5-9-24-21(14)22(28)25-18-7-8-19-20(12-18)27(4)26-23(19)29-13-17-10-15(2)30-16(3)11-17/h5-9,12,15-17H,10-11,13H2,1-4H3,(H,25,28). The molecule has 3 aromatic rings. The molecule has 0 radical (unpaired) electrons. The maximum atomic E-state index is 12.6. The molecule has 0 spiro atoms. The van der Waals surface area contributed by atoms with Crippen molar-refractivity contribution in [1.82, 2.24) is 14.8 Å². The van der Waals surface area contributed by atoms with Crippen LogP contribution >= 0.6 is 0 Å². The van der Waals surface area contributed by atoms with E-state index in [9.17, 15) is 4.79 Å². The Morgan fingerprint density at radius 1 is 1.27 bits per heavy atom. The molecular weight excluding hydrogens is 380 g/mol. The minimum Gasteiger partial charge on any atom is -0.476 e. The third kappa shape index (κ3) is 4.31. The van der Waals surface area contributed by atoms with Crippen LogP contribution in [0.2, 0.25) is 0 Å². The second-order valence-corrected chi connectivity index (χ2v) is 8.19. The first-order chi connectivity index (χ1) is 14.4. The number of benzene rings is 1. The molecule has 1 amide bonds. The molecular formula is C23H28N4O3. The summed E-state index contributed by atoms with van der Waals surface area (Å²) < 4.78 is 13.7. The predicted octanol–water partition coefficient (Wildman–Crippen LogP) is 4.11. The summed E-state index contributed by atoms with van der Waals surface area (Å²) in [5.74, 6) is 0.854. The molecule has 1 N–H and O–H groups in total. The Morgan fingerprint density at radius 2 is 2.03 bits per heavy atom. The van der Waals surface area contributed by atoms with Gasteiger partial charge >= 0.3 is 0 Å². The van der Waals surface area contributed by atoms with E-state index in [-0.39, 0.29) is 18.1 Å². The topological polar surface area (TPSA) is 78.3 Å². The van der Waals surface area contributed by atoms with Crippen LogP contribution in [0.5, 0.6) is 5.88 Å². The van der Waals surface area contributed by atoms with Gasteiger partial charge in [0.05, 0.1) is 29.7 Å². The lowest BCUT2D eigenvalue weighted by molar-refractivity contribution is -0.0594. The number of anilines is 1. The third-order valence-electron chi connectivity index (χ3n) is 5.55. The zero-order valence-corrected chi connectivity index (χ0v) is 17.9. The fraction of sp³-hybridized carbons (Fsp3) is 0.435. The van der Waals surface area contributed by atoms with Crippen LogP contribution < -0.4 is 10.1 Å². The summed E-state index contributed by atoms with van der Waals surface area (Å²) in [7, 11) is 1.88. The van der Waals surface area contributed by atoms with Crippen LogP contribution in [0.1, 0.15) is 42.7 Å². The van der Waals surface area contributed by atoms with Crippen molar-refractivity contribution in [2.45, 2.75) is 45.8 Å². The van der Waals surface area contributed by atoms with E-state index < -0.39 is 0 Å².